The third-order valence-corrected chi connectivity index (χ3v) is 4.03. The summed E-state index contributed by atoms with van der Waals surface area (Å²) < 4.78 is 0. The maximum absolute atomic E-state index is 11.9. The lowest BCUT2D eigenvalue weighted by Crippen LogP contribution is -2.36. The van der Waals surface area contributed by atoms with Gasteiger partial charge in [-0.25, -0.2) is 4.79 Å². The predicted molar refractivity (Wildman–Crippen MR) is 86.7 cm³/mol. The summed E-state index contributed by atoms with van der Waals surface area (Å²) in [6.07, 6.45) is -0.105. The highest BCUT2D eigenvalue weighted by Gasteiger charge is 2.14. The SMILES string of the molecule is Cc1ccc(NC(=O)NC(C)CC(O)c2ccccc2)s1. The Labute approximate surface area is 128 Å². The quantitative estimate of drug-likeness (QED) is 0.789. The third-order valence-electron chi connectivity index (χ3n) is 3.12. The number of anilines is 1. The molecular weight excluding hydrogens is 284 g/mol. The van der Waals surface area contributed by atoms with Crippen LogP contribution in [0.2, 0.25) is 0 Å². The molecule has 0 saturated carbocycles. The number of aryl methyl sites for hydroxylation is 1. The molecule has 3 N–H and O–H groups in total. The average molecular weight is 304 g/mol. The van der Waals surface area contributed by atoms with Crippen LogP contribution in [0.3, 0.4) is 0 Å². The predicted octanol–water partition coefficient (Wildman–Crippen LogP) is 3.69. The van der Waals surface area contributed by atoms with E-state index in [0.29, 0.717) is 6.42 Å². The summed E-state index contributed by atoms with van der Waals surface area (Å²) in [5, 5.41) is 16.6. The first-order valence-corrected chi connectivity index (χ1v) is 7.73. The molecule has 1 heterocycles. The van der Waals surface area contributed by atoms with E-state index in [2.05, 4.69) is 10.6 Å². The number of carbonyl (C=O) groups is 1. The van der Waals surface area contributed by atoms with Crippen LogP contribution in [-0.4, -0.2) is 17.2 Å². The summed E-state index contributed by atoms with van der Waals surface area (Å²) in [6, 6.07) is 12.9. The molecule has 4 nitrogen and oxygen atoms in total. The molecule has 1 aromatic heterocycles. The molecule has 5 heteroatoms. The second-order valence-corrected chi connectivity index (χ2v) is 6.36. The van der Waals surface area contributed by atoms with E-state index in [9.17, 15) is 9.90 Å². The van der Waals surface area contributed by atoms with Crippen molar-refractivity contribution in [2.75, 3.05) is 5.32 Å². The smallest absolute Gasteiger partial charge is 0.320 e. The van der Waals surface area contributed by atoms with Crippen LogP contribution in [0.1, 0.15) is 29.9 Å². The summed E-state index contributed by atoms with van der Waals surface area (Å²) in [7, 11) is 0. The minimum absolute atomic E-state index is 0.124. The van der Waals surface area contributed by atoms with Gasteiger partial charge in [0.25, 0.3) is 0 Å². The molecule has 2 aromatic rings. The highest BCUT2D eigenvalue weighted by molar-refractivity contribution is 7.16. The summed E-state index contributed by atoms with van der Waals surface area (Å²) in [5.41, 5.74) is 0.862. The summed E-state index contributed by atoms with van der Waals surface area (Å²) in [6.45, 7) is 3.87. The van der Waals surface area contributed by atoms with Gasteiger partial charge in [-0.05, 0) is 38.0 Å². The van der Waals surface area contributed by atoms with Crippen molar-refractivity contribution in [3.05, 3.63) is 52.9 Å². The Balaban J connectivity index is 1.81. The Bertz CT molecular complexity index is 583. The Kier molecular flexibility index (Phi) is 5.36. The molecule has 0 fully saturated rings. The molecule has 0 saturated heterocycles. The molecule has 0 aliphatic carbocycles. The van der Waals surface area contributed by atoms with Crippen molar-refractivity contribution in [3.63, 3.8) is 0 Å². The van der Waals surface area contributed by atoms with Gasteiger partial charge < -0.3 is 10.4 Å². The van der Waals surface area contributed by atoms with Gasteiger partial charge in [0.1, 0.15) is 0 Å². The molecule has 2 rings (SSSR count). The summed E-state index contributed by atoms with van der Waals surface area (Å²) >= 11 is 1.53. The highest BCUT2D eigenvalue weighted by Crippen LogP contribution is 2.21. The lowest BCUT2D eigenvalue weighted by molar-refractivity contribution is 0.155. The maximum atomic E-state index is 11.9. The number of nitrogens with one attached hydrogen (secondary N) is 2. The van der Waals surface area contributed by atoms with Crippen molar-refractivity contribution in [1.82, 2.24) is 5.32 Å². The summed E-state index contributed by atoms with van der Waals surface area (Å²) in [4.78, 5) is 13.0. The highest BCUT2D eigenvalue weighted by atomic mass is 32.1. The number of amides is 2. The molecule has 112 valence electrons. The van der Waals surface area contributed by atoms with E-state index in [1.165, 1.54) is 11.3 Å². The molecule has 0 aliphatic rings. The van der Waals surface area contributed by atoms with Crippen LogP contribution in [-0.2, 0) is 0 Å². The molecule has 2 amide bonds. The van der Waals surface area contributed by atoms with E-state index >= 15 is 0 Å². The van der Waals surface area contributed by atoms with Gasteiger partial charge in [0.15, 0.2) is 0 Å². The van der Waals surface area contributed by atoms with Crippen LogP contribution in [0.25, 0.3) is 0 Å². The number of aliphatic hydroxyl groups is 1. The average Bonchev–Trinajstić information content (AvgIpc) is 2.84. The Hall–Kier alpha value is -1.85. The van der Waals surface area contributed by atoms with Crippen LogP contribution in [0, 0.1) is 6.92 Å². The van der Waals surface area contributed by atoms with E-state index in [1.807, 2.05) is 56.3 Å². The molecule has 0 bridgehead atoms. The van der Waals surface area contributed by atoms with Crippen LogP contribution in [0.15, 0.2) is 42.5 Å². The first-order valence-electron chi connectivity index (χ1n) is 6.91. The van der Waals surface area contributed by atoms with Crippen LogP contribution in [0.5, 0.6) is 0 Å². The molecular formula is C16H20N2O2S. The minimum atomic E-state index is -0.578. The van der Waals surface area contributed by atoms with Gasteiger partial charge in [0.05, 0.1) is 11.1 Å². The number of rotatable bonds is 5. The molecule has 21 heavy (non-hydrogen) atoms. The second-order valence-electron chi connectivity index (χ2n) is 5.07. The monoisotopic (exact) mass is 304 g/mol. The maximum Gasteiger partial charge on any atom is 0.320 e. The lowest BCUT2D eigenvalue weighted by Gasteiger charge is -2.18. The molecule has 0 radical (unpaired) electrons. The van der Waals surface area contributed by atoms with E-state index in [4.69, 9.17) is 0 Å². The molecule has 2 unspecified atom stereocenters. The largest absolute Gasteiger partial charge is 0.388 e. The van der Waals surface area contributed by atoms with Crippen molar-refractivity contribution in [2.45, 2.75) is 32.4 Å². The molecule has 0 spiro atoms. The fourth-order valence-electron chi connectivity index (χ4n) is 2.08. The number of hydrogen-bond donors (Lipinski definition) is 3. The van der Waals surface area contributed by atoms with Crippen LogP contribution in [0.4, 0.5) is 9.80 Å². The number of carbonyl (C=O) groups excluding carboxylic acids is 1. The van der Waals surface area contributed by atoms with Gasteiger partial charge in [-0.2, -0.15) is 0 Å². The second kappa shape index (κ2) is 7.24. The lowest BCUT2D eigenvalue weighted by atomic mass is 10.0. The minimum Gasteiger partial charge on any atom is -0.388 e. The normalized spacial score (nSPS) is 13.5. The van der Waals surface area contributed by atoms with Gasteiger partial charge >= 0.3 is 6.03 Å². The zero-order valence-electron chi connectivity index (χ0n) is 12.2. The molecule has 0 aliphatic heterocycles. The van der Waals surface area contributed by atoms with Gasteiger partial charge in [-0.15, -0.1) is 11.3 Å². The zero-order valence-corrected chi connectivity index (χ0v) is 13.0. The topological polar surface area (TPSA) is 61.4 Å². The van der Waals surface area contributed by atoms with Gasteiger partial charge in [0.2, 0.25) is 0 Å². The number of aliphatic hydroxyl groups excluding tert-OH is 1. The van der Waals surface area contributed by atoms with Crippen molar-refractivity contribution in [2.24, 2.45) is 0 Å². The molecule has 1 aromatic carbocycles. The Morgan fingerprint density at radius 2 is 1.95 bits per heavy atom. The van der Waals surface area contributed by atoms with Crippen LogP contribution < -0.4 is 10.6 Å². The van der Waals surface area contributed by atoms with Crippen molar-refractivity contribution >= 4 is 22.4 Å². The number of hydrogen-bond acceptors (Lipinski definition) is 3. The third kappa shape index (κ3) is 4.88. The van der Waals surface area contributed by atoms with Crippen molar-refractivity contribution in [1.29, 1.82) is 0 Å². The first-order chi connectivity index (χ1) is 10.0. The Morgan fingerprint density at radius 1 is 1.24 bits per heavy atom. The van der Waals surface area contributed by atoms with Gasteiger partial charge in [-0.1, -0.05) is 30.3 Å². The number of urea groups is 1. The zero-order chi connectivity index (χ0) is 15.2. The fourth-order valence-corrected chi connectivity index (χ4v) is 2.84. The summed E-state index contributed by atoms with van der Waals surface area (Å²) in [5.74, 6) is 0. The number of benzene rings is 1. The standard InChI is InChI=1S/C16H20N2O2S/c1-11(10-14(19)13-6-4-3-5-7-13)17-16(20)18-15-9-8-12(2)21-15/h3-9,11,14,19H,10H2,1-2H3,(H2,17,18,20). The number of thiophene rings is 1. The van der Waals surface area contributed by atoms with Crippen LogP contribution >= 0.6 is 11.3 Å². The van der Waals surface area contributed by atoms with Crippen molar-refractivity contribution < 1.29 is 9.90 Å². The van der Waals surface area contributed by atoms with E-state index < -0.39 is 6.10 Å². The Morgan fingerprint density at radius 3 is 2.57 bits per heavy atom. The van der Waals surface area contributed by atoms with Gasteiger partial charge in [-0.3, -0.25) is 5.32 Å². The van der Waals surface area contributed by atoms with E-state index in [0.717, 1.165) is 15.4 Å². The fraction of sp³-hybridized carbons (Fsp3) is 0.312. The van der Waals surface area contributed by atoms with E-state index in [1.54, 1.807) is 0 Å². The van der Waals surface area contributed by atoms with Crippen molar-refractivity contribution in [3.8, 4) is 0 Å². The first kappa shape index (κ1) is 15.5. The molecule has 2 atom stereocenters. The van der Waals surface area contributed by atoms with Gasteiger partial charge in [0, 0.05) is 10.9 Å². The van der Waals surface area contributed by atoms with E-state index in [-0.39, 0.29) is 12.1 Å².